The Morgan fingerprint density at radius 2 is 1.76 bits per heavy atom. The summed E-state index contributed by atoms with van der Waals surface area (Å²) in [5.74, 6) is -0.360. The van der Waals surface area contributed by atoms with Gasteiger partial charge in [-0.15, -0.1) is 5.10 Å². The lowest BCUT2D eigenvalue weighted by molar-refractivity contribution is -0.119. The van der Waals surface area contributed by atoms with Gasteiger partial charge in [0.25, 0.3) is 5.91 Å². The number of carbonyl (C=O) groups excluding carboxylic acids is 2. The van der Waals surface area contributed by atoms with Gasteiger partial charge in [0, 0.05) is 10.6 Å². The monoisotopic (exact) mass is 430 g/mol. The molecule has 0 atom stereocenters. The summed E-state index contributed by atoms with van der Waals surface area (Å²) in [5, 5.41) is 12.6. The SMILES string of the molecule is CC(C)c1ccc(-n2nnnc2SCC(=O)NNC(=O)c2ccc(Cl)cc2)cc1. The number of hydrazine groups is 1. The highest BCUT2D eigenvalue weighted by atomic mass is 35.5. The van der Waals surface area contributed by atoms with Gasteiger partial charge in [-0.25, -0.2) is 0 Å². The number of halogens is 1. The van der Waals surface area contributed by atoms with Crippen molar-refractivity contribution in [1.82, 2.24) is 31.1 Å². The molecule has 2 N–H and O–H groups in total. The summed E-state index contributed by atoms with van der Waals surface area (Å²) in [6.45, 7) is 4.25. The van der Waals surface area contributed by atoms with Gasteiger partial charge in [0.2, 0.25) is 11.1 Å². The number of aromatic nitrogens is 4. The molecule has 2 aromatic carbocycles. The highest BCUT2D eigenvalue weighted by molar-refractivity contribution is 7.99. The molecule has 150 valence electrons. The third-order valence-electron chi connectivity index (χ3n) is 4.00. The lowest BCUT2D eigenvalue weighted by atomic mass is 10.0. The van der Waals surface area contributed by atoms with Crippen LogP contribution < -0.4 is 10.9 Å². The number of nitrogens with one attached hydrogen (secondary N) is 2. The quantitative estimate of drug-likeness (QED) is 0.460. The van der Waals surface area contributed by atoms with E-state index in [1.807, 2.05) is 24.3 Å². The van der Waals surface area contributed by atoms with E-state index < -0.39 is 5.91 Å². The lowest BCUT2D eigenvalue weighted by Gasteiger charge is -2.09. The summed E-state index contributed by atoms with van der Waals surface area (Å²) in [6, 6.07) is 14.2. The average Bonchev–Trinajstić information content (AvgIpc) is 3.19. The number of amides is 2. The smallest absolute Gasteiger partial charge is 0.269 e. The van der Waals surface area contributed by atoms with E-state index in [-0.39, 0.29) is 11.7 Å². The number of hydrogen-bond acceptors (Lipinski definition) is 6. The van der Waals surface area contributed by atoms with Gasteiger partial charge in [-0.05, 0) is 58.3 Å². The molecule has 0 radical (unpaired) electrons. The first-order valence-electron chi connectivity index (χ1n) is 8.80. The highest BCUT2D eigenvalue weighted by Crippen LogP contribution is 2.20. The molecule has 10 heteroatoms. The van der Waals surface area contributed by atoms with Gasteiger partial charge in [-0.1, -0.05) is 49.3 Å². The Bertz CT molecular complexity index is 989. The normalized spacial score (nSPS) is 10.8. The van der Waals surface area contributed by atoms with Crippen LogP contribution in [0.25, 0.3) is 5.69 Å². The van der Waals surface area contributed by atoms with Crippen molar-refractivity contribution in [2.45, 2.75) is 24.9 Å². The molecule has 0 aliphatic rings. The summed E-state index contributed by atoms with van der Waals surface area (Å²) in [5.41, 5.74) is 7.13. The van der Waals surface area contributed by atoms with Gasteiger partial charge in [0.15, 0.2) is 0 Å². The molecule has 2 amide bonds. The van der Waals surface area contributed by atoms with Crippen molar-refractivity contribution in [3.8, 4) is 5.69 Å². The molecule has 0 aliphatic heterocycles. The summed E-state index contributed by atoms with van der Waals surface area (Å²) in [7, 11) is 0. The molecule has 1 aromatic heterocycles. The predicted molar refractivity (Wildman–Crippen MR) is 111 cm³/mol. The van der Waals surface area contributed by atoms with Gasteiger partial charge in [-0.2, -0.15) is 4.68 Å². The van der Waals surface area contributed by atoms with Crippen LogP contribution in [0, 0.1) is 0 Å². The van der Waals surface area contributed by atoms with Crippen LogP contribution in [0.15, 0.2) is 53.7 Å². The molecule has 0 aliphatic carbocycles. The Morgan fingerprint density at radius 1 is 1.07 bits per heavy atom. The fraction of sp³-hybridized carbons (Fsp3) is 0.211. The summed E-state index contributed by atoms with van der Waals surface area (Å²) >= 11 is 6.95. The van der Waals surface area contributed by atoms with E-state index in [0.717, 1.165) is 17.4 Å². The van der Waals surface area contributed by atoms with Crippen molar-refractivity contribution in [3.63, 3.8) is 0 Å². The predicted octanol–water partition coefficient (Wildman–Crippen LogP) is 2.99. The molecule has 0 spiro atoms. The molecule has 3 rings (SSSR count). The fourth-order valence-electron chi connectivity index (χ4n) is 2.40. The molecular formula is C19H19ClN6O2S. The zero-order valence-corrected chi connectivity index (χ0v) is 17.4. The van der Waals surface area contributed by atoms with Gasteiger partial charge in [-0.3, -0.25) is 20.4 Å². The van der Waals surface area contributed by atoms with Gasteiger partial charge in [0.1, 0.15) is 0 Å². The number of benzene rings is 2. The Balaban J connectivity index is 1.54. The topological polar surface area (TPSA) is 102 Å². The summed E-state index contributed by atoms with van der Waals surface area (Å²) in [4.78, 5) is 24.0. The van der Waals surface area contributed by atoms with Crippen molar-refractivity contribution in [2.24, 2.45) is 0 Å². The van der Waals surface area contributed by atoms with Crippen molar-refractivity contribution in [1.29, 1.82) is 0 Å². The van der Waals surface area contributed by atoms with E-state index in [0.29, 0.717) is 21.7 Å². The van der Waals surface area contributed by atoms with E-state index in [1.54, 1.807) is 28.9 Å². The van der Waals surface area contributed by atoms with E-state index in [4.69, 9.17) is 11.6 Å². The molecular weight excluding hydrogens is 412 g/mol. The minimum atomic E-state index is -0.435. The standard InChI is InChI=1S/C19H19ClN6O2S/c1-12(2)13-5-9-16(10-6-13)26-19(23-24-25-26)29-11-17(27)21-22-18(28)14-3-7-15(20)8-4-14/h3-10,12H,11H2,1-2H3,(H,21,27)(H,22,28). The van der Waals surface area contributed by atoms with E-state index in [9.17, 15) is 9.59 Å². The Labute approximate surface area is 177 Å². The van der Waals surface area contributed by atoms with Gasteiger partial charge >= 0.3 is 0 Å². The molecule has 8 nitrogen and oxygen atoms in total. The number of tetrazole rings is 1. The number of hydrogen-bond donors (Lipinski definition) is 2. The van der Waals surface area contributed by atoms with Crippen LogP contribution in [0.1, 0.15) is 35.7 Å². The zero-order valence-electron chi connectivity index (χ0n) is 15.8. The van der Waals surface area contributed by atoms with Crippen LogP contribution >= 0.6 is 23.4 Å². The molecule has 0 unspecified atom stereocenters. The first-order chi connectivity index (χ1) is 13.9. The minimum Gasteiger partial charge on any atom is -0.272 e. The van der Waals surface area contributed by atoms with Gasteiger partial charge < -0.3 is 0 Å². The summed E-state index contributed by atoms with van der Waals surface area (Å²) < 4.78 is 1.56. The van der Waals surface area contributed by atoms with E-state index in [2.05, 4.69) is 40.2 Å². The van der Waals surface area contributed by atoms with E-state index in [1.165, 1.54) is 5.56 Å². The zero-order chi connectivity index (χ0) is 20.8. The number of thioether (sulfide) groups is 1. The van der Waals surface area contributed by atoms with E-state index >= 15 is 0 Å². The lowest BCUT2D eigenvalue weighted by Crippen LogP contribution is -2.42. The van der Waals surface area contributed by atoms with Crippen LogP contribution in [-0.4, -0.2) is 37.8 Å². The van der Waals surface area contributed by atoms with Crippen molar-refractivity contribution >= 4 is 35.2 Å². The third-order valence-corrected chi connectivity index (χ3v) is 5.17. The van der Waals surface area contributed by atoms with Crippen molar-refractivity contribution in [3.05, 3.63) is 64.7 Å². The van der Waals surface area contributed by atoms with Gasteiger partial charge in [0.05, 0.1) is 11.4 Å². The Kier molecular flexibility index (Phi) is 6.84. The number of rotatable bonds is 6. The van der Waals surface area contributed by atoms with Crippen LogP contribution in [0.5, 0.6) is 0 Å². The molecule has 1 heterocycles. The van der Waals surface area contributed by atoms with Crippen LogP contribution in [-0.2, 0) is 4.79 Å². The Hall–Kier alpha value is -2.91. The molecule has 0 fully saturated rings. The number of nitrogens with zero attached hydrogens (tertiary/aromatic N) is 4. The molecule has 0 bridgehead atoms. The fourth-order valence-corrected chi connectivity index (χ4v) is 3.21. The maximum absolute atomic E-state index is 12.0. The minimum absolute atomic E-state index is 0.0331. The molecule has 0 saturated heterocycles. The average molecular weight is 431 g/mol. The first kappa shape index (κ1) is 20.8. The second-order valence-corrected chi connectivity index (χ2v) is 7.80. The van der Waals surface area contributed by atoms with Crippen molar-refractivity contribution in [2.75, 3.05) is 5.75 Å². The maximum atomic E-state index is 12.0. The number of carbonyl (C=O) groups is 2. The van der Waals surface area contributed by atoms with Crippen molar-refractivity contribution < 1.29 is 9.59 Å². The van der Waals surface area contributed by atoms with Crippen LogP contribution in [0.2, 0.25) is 5.02 Å². The summed E-state index contributed by atoms with van der Waals surface area (Å²) in [6.07, 6.45) is 0. The maximum Gasteiger partial charge on any atom is 0.269 e. The molecule has 29 heavy (non-hydrogen) atoms. The Morgan fingerprint density at radius 3 is 2.41 bits per heavy atom. The second-order valence-electron chi connectivity index (χ2n) is 6.42. The van der Waals surface area contributed by atoms with Crippen LogP contribution in [0.3, 0.4) is 0 Å². The molecule has 0 saturated carbocycles. The highest BCUT2D eigenvalue weighted by Gasteiger charge is 2.13. The van der Waals surface area contributed by atoms with Crippen LogP contribution in [0.4, 0.5) is 0 Å². The largest absolute Gasteiger partial charge is 0.272 e. The first-order valence-corrected chi connectivity index (χ1v) is 10.2. The second kappa shape index (κ2) is 9.53. The third kappa shape index (κ3) is 5.55. The molecule has 3 aromatic rings.